The van der Waals surface area contributed by atoms with Crippen LogP contribution in [0.15, 0.2) is 0 Å². The molecule has 0 saturated carbocycles. The number of hydrogen-bond donors (Lipinski definition) is 3. The zero-order valence-corrected chi connectivity index (χ0v) is 22.2. The lowest BCUT2D eigenvalue weighted by atomic mass is 10.1. The highest BCUT2D eigenvalue weighted by molar-refractivity contribution is 7.47. The summed E-state index contributed by atoms with van der Waals surface area (Å²) in [7, 11) is -4.46. The average molecular weight is 513 g/mol. The van der Waals surface area contributed by atoms with Crippen molar-refractivity contribution in [3.63, 3.8) is 0 Å². The molecule has 1 unspecified atom stereocenters. The fourth-order valence-electron chi connectivity index (χ4n) is 3.27. The van der Waals surface area contributed by atoms with Gasteiger partial charge in [-0.15, -0.1) is 0 Å². The van der Waals surface area contributed by atoms with E-state index in [-0.39, 0.29) is 19.6 Å². The van der Waals surface area contributed by atoms with Gasteiger partial charge in [0, 0.05) is 13.0 Å². The van der Waals surface area contributed by atoms with Crippen molar-refractivity contribution in [2.75, 3.05) is 33.0 Å². The van der Waals surface area contributed by atoms with Gasteiger partial charge in [0.25, 0.3) is 0 Å². The number of aliphatic hydroxyl groups excluding tert-OH is 2. The second kappa shape index (κ2) is 22.9. The van der Waals surface area contributed by atoms with Crippen molar-refractivity contribution < 1.29 is 43.0 Å². The van der Waals surface area contributed by atoms with E-state index < -0.39 is 39.2 Å². The van der Waals surface area contributed by atoms with Crippen LogP contribution < -0.4 is 0 Å². The quantitative estimate of drug-likeness (QED) is 0.0887. The predicted octanol–water partition coefficient (Wildman–Crippen LogP) is 4.90. The van der Waals surface area contributed by atoms with Crippen LogP contribution in [0.4, 0.5) is 0 Å². The van der Waals surface area contributed by atoms with Gasteiger partial charge in [-0.3, -0.25) is 13.8 Å². The van der Waals surface area contributed by atoms with Crippen LogP contribution in [0.25, 0.3) is 0 Å². The van der Waals surface area contributed by atoms with Gasteiger partial charge in [-0.25, -0.2) is 4.57 Å². The molecule has 0 rings (SSSR count). The Balaban J connectivity index is 4.00. The number of esters is 1. The SMILES string of the molecule is CCCCCCCCCCCCCCOC[C@H](COP(=O)(O)OC[C@@H](O)CO)OC(=O)CCC. The first kappa shape index (κ1) is 33.5. The number of hydrogen-bond acceptors (Lipinski definition) is 8. The van der Waals surface area contributed by atoms with Gasteiger partial charge in [0.1, 0.15) is 12.2 Å². The van der Waals surface area contributed by atoms with Gasteiger partial charge in [-0.1, -0.05) is 84.5 Å². The summed E-state index contributed by atoms with van der Waals surface area (Å²) in [4.78, 5) is 21.5. The molecule has 34 heavy (non-hydrogen) atoms. The minimum atomic E-state index is -4.46. The summed E-state index contributed by atoms with van der Waals surface area (Å²) in [5.41, 5.74) is 0. The molecule has 0 radical (unpaired) electrons. The van der Waals surface area contributed by atoms with Gasteiger partial charge in [0.05, 0.1) is 26.4 Å². The van der Waals surface area contributed by atoms with Crippen molar-refractivity contribution in [2.24, 2.45) is 0 Å². The Hall–Kier alpha value is -0.540. The molecule has 0 aromatic heterocycles. The number of unbranched alkanes of at least 4 members (excludes halogenated alkanes) is 11. The molecule has 0 aromatic rings. The Morgan fingerprint density at radius 3 is 1.85 bits per heavy atom. The van der Waals surface area contributed by atoms with Crippen LogP contribution in [-0.4, -0.2) is 66.3 Å². The third kappa shape index (κ3) is 22.0. The highest BCUT2D eigenvalue weighted by Gasteiger charge is 2.26. The molecule has 9 nitrogen and oxygen atoms in total. The maximum absolute atomic E-state index is 11.9. The summed E-state index contributed by atoms with van der Waals surface area (Å²) in [6.07, 6.45) is 13.7. The molecule has 0 bridgehead atoms. The Morgan fingerprint density at radius 1 is 0.794 bits per heavy atom. The number of aliphatic hydroxyl groups is 2. The van der Waals surface area contributed by atoms with E-state index in [1.807, 2.05) is 6.92 Å². The lowest BCUT2D eigenvalue weighted by Crippen LogP contribution is -2.28. The summed E-state index contributed by atoms with van der Waals surface area (Å²) in [6.45, 7) is 3.10. The highest BCUT2D eigenvalue weighted by Crippen LogP contribution is 2.43. The van der Waals surface area contributed by atoms with Crippen LogP contribution in [-0.2, 0) is 27.9 Å². The number of carbonyl (C=O) groups excluding carboxylic acids is 1. The zero-order chi connectivity index (χ0) is 25.5. The molecule has 3 N–H and O–H groups in total. The molecule has 0 saturated heterocycles. The van der Waals surface area contributed by atoms with Crippen LogP contribution in [0.3, 0.4) is 0 Å². The summed E-state index contributed by atoms with van der Waals surface area (Å²) in [5, 5.41) is 18.0. The molecule has 0 aliphatic carbocycles. The van der Waals surface area contributed by atoms with E-state index in [0.717, 1.165) is 12.8 Å². The molecule has 0 heterocycles. The van der Waals surface area contributed by atoms with Crippen LogP contribution in [0, 0.1) is 0 Å². The number of phosphoric ester groups is 1. The first-order valence-corrected chi connectivity index (χ1v) is 14.5. The topological polar surface area (TPSA) is 132 Å². The van der Waals surface area contributed by atoms with Crippen molar-refractivity contribution in [1.29, 1.82) is 0 Å². The van der Waals surface area contributed by atoms with Crippen LogP contribution in [0.1, 0.15) is 104 Å². The standard InChI is InChI=1S/C24H49O9P/c1-3-5-6-7-8-9-10-11-12-13-14-15-17-30-20-23(33-24(27)16-4-2)21-32-34(28,29)31-19-22(26)18-25/h22-23,25-26H,3-21H2,1-2H3,(H,28,29)/t22-,23+/m0/s1. The van der Waals surface area contributed by atoms with E-state index in [2.05, 4.69) is 11.4 Å². The summed E-state index contributed by atoms with van der Waals surface area (Å²) < 4.78 is 32.3. The first-order chi connectivity index (χ1) is 16.3. The minimum Gasteiger partial charge on any atom is -0.457 e. The molecule has 0 aromatic carbocycles. The maximum atomic E-state index is 11.9. The Morgan fingerprint density at radius 2 is 1.32 bits per heavy atom. The summed E-state index contributed by atoms with van der Waals surface area (Å²) in [5.74, 6) is -0.436. The van der Waals surface area contributed by atoms with Crippen molar-refractivity contribution in [1.82, 2.24) is 0 Å². The molecular formula is C24H49O9P. The fourth-order valence-corrected chi connectivity index (χ4v) is 4.06. The van der Waals surface area contributed by atoms with Gasteiger partial charge in [0.2, 0.25) is 0 Å². The van der Waals surface area contributed by atoms with Gasteiger partial charge < -0.3 is 24.6 Å². The average Bonchev–Trinajstić information content (AvgIpc) is 2.81. The third-order valence-electron chi connectivity index (χ3n) is 5.26. The van der Waals surface area contributed by atoms with E-state index in [1.54, 1.807) is 0 Å². The second-order valence-corrected chi connectivity index (χ2v) is 10.2. The van der Waals surface area contributed by atoms with E-state index in [9.17, 15) is 19.4 Å². The number of phosphoric acid groups is 1. The van der Waals surface area contributed by atoms with E-state index >= 15 is 0 Å². The lowest BCUT2D eigenvalue weighted by Gasteiger charge is -2.20. The van der Waals surface area contributed by atoms with Crippen LogP contribution >= 0.6 is 7.82 Å². The highest BCUT2D eigenvalue weighted by atomic mass is 31.2. The van der Waals surface area contributed by atoms with Gasteiger partial charge >= 0.3 is 13.8 Å². The summed E-state index contributed by atoms with van der Waals surface area (Å²) in [6, 6.07) is 0. The zero-order valence-electron chi connectivity index (χ0n) is 21.3. The Labute approximate surface area is 206 Å². The molecule has 3 atom stereocenters. The number of ether oxygens (including phenoxy) is 2. The largest absolute Gasteiger partial charge is 0.472 e. The van der Waals surface area contributed by atoms with Crippen molar-refractivity contribution in [2.45, 2.75) is 116 Å². The molecule has 204 valence electrons. The van der Waals surface area contributed by atoms with Crippen LogP contribution in [0.5, 0.6) is 0 Å². The first-order valence-electron chi connectivity index (χ1n) is 13.0. The predicted molar refractivity (Wildman–Crippen MR) is 132 cm³/mol. The lowest BCUT2D eigenvalue weighted by molar-refractivity contribution is -0.154. The van der Waals surface area contributed by atoms with Crippen molar-refractivity contribution >= 4 is 13.8 Å². The normalized spacial score (nSPS) is 15.1. The minimum absolute atomic E-state index is 0.0484. The molecular weight excluding hydrogens is 463 g/mol. The Bertz CT molecular complexity index is 519. The van der Waals surface area contributed by atoms with E-state index in [1.165, 1.54) is 64.2 Å². The Kier molecular flexibility index (Phi) is 22.5. The molecule has 0 fully saturated rings. The molecule has 0 amide bonds. The van der Waals surface area contributed by atoms with Gasteiger partial charge in [-0.05, 0) is 12.8 Å². The molecule has 0 aliphatic rings. The second-order valence-electron chi connectivity index (χ2n) is 8.72. The monoisotopic (exact) mass is 512 g/mol. The van der Waals surface area contributed by atoms with Gasteiger partial charge in [-0.2, -0.15) is 0 Å². The molecule has 0 aliphatic heterocycles. The van der Waals surface area contributed by atoms with Crippen LogP contribution in [0.2, 0.25) is 0 Å². The smallest absolute Gasteiger partial charge is 0.457 e. The fraction of sp³-hybridized carbons (Fsp3) is 0.958. The number of rotatable bonds is 25. The number of carbonyl (C=O) groups is 1. The third-order valence-corrected chi connectivity index (χ3v) is 6.21. The maximum Gasteiger partial charge on any atom is 0.472 e. The van der Waals surface area contributed by atoms with Gasteiger partial charge in [0.15, 0.2) is 0 Å². The molecule has 0 spiro atoms. The van der Waals surface area contributed by atoms with E-state index in [4.69, 9.17) is 19.1 Å². The summed E-state index contributed by atoms with van der Waals surface area (Å²) >= 11 is 0. The van der Waals surface area contributed by atoms with E-state index in [0.29, 0.717) is 13.0 Å². The molecule has 10 heteroatoms. The van der Waals surface area contributed by atoms with Crippen molar-refractivity contribution in [3.8, 4) is 0 Å². The van der Waals surface area contributed by atoms with Crippen molar-refractivity contribution in [3.05, 3.63) is 0 Å².